The van der Waals surface area contributed by atoms with Crippen molar-refractivity contribution in [3.63, 3.8) is 0 Å². The van der Waals surface area contributed by atoms with Crippen molar-refractivity contribution in [2.75, 3.05) is 25.5 Å². The fourth-order valence-corrected chi connectivity index (χ4v) is 1.94. The molecule has 0 saturated carbocycles. The average molecular weight is 250 g/mol. The summed E-state index contributed by atoms with van der Waals surface area (Å²) in [5.74, 6) is 0. The zero-order valence-electron chi connectivity index (χ0n) is 9.57. The lowest BCUT2D eigenvalue weighted by Gasteiger charge is -2.26. The van der Waals surface area contributed by atoms with Gasteiger partial charge in [-0.05, 0) is 31.8 Å². The molecule has 0 atom stereocenters. The van der Waals surface area contributed by atoms with Crippen LogP contribution in [0.4, 0.5) is 0 Å². The molecule has 0 aromatic carbocycles. The minimum atomic E-state index is 0.435. The Morgan fingerprint density at radius 1 is 1.08 bits per heavy atom. The molecule has 1 nitrogen and oxygen atoms in total. The van der Waals surface area contributed by atoms with Gasteiger partial charge in [0.25, 0.3) is 0 Å². The smallest absolute Gasteiger partial charge is 0.00313 e. The van der Waals surface area contributed by atoms with E-state index in [1.54, 1.807) is 0 Å². The van der Waals surface area contributed by atoms with Crippen molar-refractivity contribution in [3.8, 4) is 0 Å². The first kappa shape index (κ1) is 13.4. The van der Waals surface area contributed by atoms with E-state index < -0.39 is 0 Å². The number of hydrogen-bond acceptors (Lipinski definition) is 1. The summed E-state index contributed by atoms with van der Waals surface area (Å²) in [5.41, 5.74) is 0.435. The molecule has 0 aromatic heterocycles. The fraction of sp³-hybridized carbons (Fsp3) is 1.00. The van der Waals surface area contributed by atoms with Gasteiger partial charge >= 0.3 is 0 Å². The highest BCUT2D eigenvalue weighted by atomic mass is 79.9. The third-order valence-electron chi connectivity index (χ3n) is 1.92. The van der Waals surface area contributed by atoms with E-state index in [2.05, 4.69) is 48.6 Å². The molecule has 0 N–H and O–H groups in total. The minimum Gasteiger partial charge on any atom is -0.306 e. The van der Waals surface area contributed by atoms with Crippen molar-refractivity contribution >= 4 is 15.9 Å². The van der Waals surface area contributed by atoms with Gasteiger partial charge in [-0.15, -0.1) is 0 Å². The average Bonchev–Trinajstić information content (AvgIpc) is 1.94. The molecule has 0 rings (SSSR count). The Hall–Kier alpha value is 0.440. The maximum atomic E-state index is 3.45. The molecule has 0 unspecified atom stereocenters. The van der Waals surface area contributed by atoms with Crippen LogP contribution in [0.1, 0.15) is 40.0 Å². The van der Waals surface area contributed by atoms with Crippen molar-refractivity contribution in [3.05, 3.63) is 0 Å². The van der Waals surface area contributed by atoms with E-state index in [1.165, 1.54) is 32.4 Å². The molecular weight excluding hydrogens is 226 g/mol. The maximum absolute atomic E-state index is 3.45. The summed E-state index contributed by atoms with van der Waals surface area (Å²) < 4.78 is 0. The summed E-state index contributed by atoms with van der Waals surface area (Å²) in [5, 5.41) is 1.15. The molecule has 0 bridgehead atoms. The van der Waals surface area contributed by atoms with Crippen LogP contribution in [0.2, 0.25) is 0 Å². The Balaban J connectivity index is 3.35. The van der Waals surface area contributed by atoms with Crippen molar-refractivity contribution in [1.29, 1.82) is 0 Å². The first-order chi connectivity index (χ1) is 5.95. The minimum absolute atomic E-state index is 0.435. The highest BCUT2D eigenvalue weighted by Gasteiger charge is 2.12. The van der Waals surface area contributed by atoms with Gasteiger partial charge in [0.1, 0.15) is 0 Å². The summed E-state index contributed by atoms with van der Waals surface area (Å²) in [6, 6.07) is 0. The number of halogens is 1. The lowest BCUT2D eigenvalue weighted by atomic mass is 9.96. The van der Waals surface area contributed by atoms with E-state index in [4.69, 9.17) is 0 Å². The predicted molar refractivity (Wildman–Crippen MR) is 64.6 cm³/mol. The summed E-state index contributed by atoms with van der Waals surface area (Å²) in [7, 11) is 2.22. The molecule has 80 valence electrons. The standard InChI is InChI=1S/C11H24BrN/c1-11(2,3)10-13(4)9-7-5-6-8-12/h5-10H2,1-4H3. The SMILES string of the molecule is CN(CCCCCBr)CC(C)(C)C. The lowest BCUT2D eigenvalue weighted by molar-refractivity contribution is 0.224. The molecule has 0 aromatic rings. The Morgan fingerprint density at radius 3 is 2.15 bits per heavy atom. The van der Waals surface area contributed by atoms with Crippen LogP contribution in [0.5, 0.6) is 0 Å². The lowest BCUT2D eigenvalue weighted by Crippen LogP contribution is -2.30. The topological polar surface area (TPSA) is 3.24 Å². The molecule has 0 spiro atoms. The van der Waals surface area contributed by atoms with Gasteiger partial charge in [0.05, 0.1) is 0 Å². The monoisotopic (exact) mass is 249 g/mol. The van der Waals surface area contributed by atoms with E-state index in [-0.39, 0.29) is 0 Å². The van der Waals surface area contributed by atoms with Crippen molar-refractivity contribution in [1.82, 2.24) is 4.90 Å². The molecule has 2 heteroatoms. The van der Waals surface area contributed by atoms with E-state index >= 15 is 0 Å². The summed E-state index contributed by atoms with van der Waals surface area (Å²) >= 11 is 3.45. The van der Waals surface area contributed by atoms with Gasteiger partial charge < -0.3 is 4.90 Å². The van der Waals surface area contributed by atoms with E-state index in [0.29, 0.717) is 5.41 Å². The maximum Gasteiger partial charge on any atom is 0.00313 e. The molecule has 0 aliphatic heterocycles. The molecule has 0 heterocycles. The highest BCUT2D eigenvalue weighted by molar-refractivity contribution is 9.09. The van der Waals surface area contributed by atoms with Crippen LogP contribution >= 0.6 is 15.9 Å². The van der Waals surface area contributed by atoms with E-state index in [0.717, 1.165) is 5.33 Å². The van der Waals surface area contributed by atoms with Crippen LogP contribution in [-0.2, 0) is 0 Å². The molecular formula is C11H24BrN. The van der Waals surface area contributed by atoms with Crippen molar-refractivity contribution in [2.45, 2.75) is 40.0 Å². The largest absolute Gasteiger partial charge is 0.306 e. The van der Waals surface area contributed by atoms with Crippen molar-refractivity contribution in [2.24, 2.45) is 5.41 Å². The van der Waals surface area contributed by atoms with Crippen LogP contribution in [0.3, 0.4) is 0 Å². The van der Waals surface area contributed by atoms with Crippen LogP contribution in [0, 0.1) is 5.41 Å². The summed E-state index contributed by atoms with van der Waals surface area (Å²) in [6.45, 7) is 9.32. The summed E-state index contributed by atoms with van der Waals surface area (Å²) in [4.78, 5) is 2.44. The molecule has 0 radical (unpaired) electrons. The zero-order valence-corrected chi connectivity index (χ0v) is 11.2. The second-order valence-electron chi connectivity index (χ2n) is 5.05. The van der Waals surface area contributed by atoms with Crippen LogP contribution in [0.25, 0.3) is 0 Å². The number of alkyl halides is 1. The first-order valence-corrected chi connectivity index (χ1v) is 6.32. The Labute approximate surface area is 92.0 Å². The van der Waals surface area contributed by atoms with Crippen molar-refractivity contribution < 1.29 is 0 Å². The number of rotatable bonds is 6. The van der Waals surface area contributed by atoms with E-state index in [1.807, 2.05) is 0 Å². The number of unbranched alkanes of at least 4 members (excludes halogenated alkanes) is 2. The normalized spacial score (nSPS) is 12.5. The van der Waals surface area contributed by atoms with Crippen LogP contribution in [0.15, 0.2) is 0 Å². The number of nitrogens with zero attached hydrogens (tertiary/aromatic N) is 1. The Morgan fingerprint density at radius 2 is 1.69 bits per heavy atom. The second kappa shape index (κ2) is 6.83. The van der Waals surface area contributed by atoms with Gasteiger partial charge in [0, 0.05) is 11.9 Å². The quantitative estimate of drug-likeness (QED) is 0.515. The Kier molecular flexibility index (Phi) is 7.06. The molecule has 0 fully saturated rings. The Bertz CT molecular complexity index is 118. The second-order valence-corrected chi connectivity index (χ2v) is 5.84. The van der Waals surface area contributed by atoms with Gasteiger partial charge in [0.2, 0.25) is 0 Å². The summed E-state index contributed by atoms with van der Waals surface area (Å²) in [6.07, 6.45) is 3.99. The fourth-order valence-electron chi connectivity index (χ4n) is 1.54. The van der Waals surface area contributed by atoms with Gasteiger partial charge in [0.15, 0.2) is 0 Å². The third-order valence-corrected chi connectivity index (χ3v) is 2.48. The molecule has 0 saturated heterocycles. The van der Waals surface area contributed by atoms with E-state index in [9.17, 15) is 0 Å². The molecule has 0 amide bonds. The number of hydrogen-bond donors (Lipinski definition) is 0. The molecule has 0 aliphatic rings. The zero-order chi connectivity index (χ0) is 10.3. The van der Waals surface area contributed by atoms with Crippen LogP contribution in [-0.4, -0.2) is 30.4 Å². The highest BCUT2D eigenvalue weighted by Crippen LogP contribution is 2.14. The molecule has 0 aliphatic carbocycles. The van der Waals surface area contributed by atoms with Gasteiger partial charge in [-0.25, -0.2) is 0 Å². The van der Waals surface area contributed by atoms with Gasteiger partial charge in [-0.1, -0.05) is 43.1 Å². The molecule has 13 heavy (non-hydrogen) atoms. The van der Waals surface area contributed by atoms with Gasteiger partial charge in [-0.3, -0.25) is 0 Å². The first-order valence-electron chi connectivity index (χ1n) is 5.20. The predicted octanol–water partition coefficient (Wildman–Crippen LogP) is 3.53. The van der Waals surface area contributed by atoms with Gasteiger partial charge in [-0.2, -0.15) is 0 Å². The third kappa shape index (κ3) is 10.4. The van der Waals surface area contributed by atoms with Crippen LogP contribution < -0.4 is 0 Å².